The summed E-state index contributed by atoms with van der Waals surface area (Å²) in [4.78, 5) is 45.7. The third-order valence-corrected chi connectivity index (χ3v) is 7.68. The van der Waals surface area contributed by atoms with Crippen LogP contribution in [0.1, 0.15) is 30.8 Å². The highest BCUT2D eigenvalue weighted by molar-refractivity contribution is 7.21. The van der Waals surface area contributed by atoms with Gasteiger partial charge in [0.05, 0.1) is 16.8 Å². The molecule has 2 aliphatic rings. The Kier molecular flexibility index (Phi) is 6.56. The van der Waals surface area contributed by atoms with Crippen LogP contribution in [0, 0.1) is 11.8 Å². The molecule has 0 spiro atoms. The van der Waals surface area contributed by atoms with Gasteiger partial charge in [0.1, 0.15) is 10.7 Å². The number of benzene rings is 1. The van der Waals surface area contributed by atoms with Crippen molar-refractivity contribution in [2.45, 2.75) is 20.3 Å². The summed E-state index contributed by atoms with van der Waals surface area (Å²) in [5, 5.41) is 0.701. The van der Waals surface area contributed by atoms with Crippen molar-refractivity contribution in [1.29, 1.82) is 0 Å². The summed E-state index contributed by atoms with van der Waals surface area (Å²) >= 11 is 1.51. The normalized spacial score (nSPS) is 21.7. The fourth-order valence-corrected chi connectivity index (χ4v) is 6.00. The summed E-state index contributed by atoms with van der Waals surface area (Å²) in [6, 6.07) is 7.90. The highest BCUT2D eigenvalue weighted by Crippen LogP contribution is 2.30. The summed E-state index contributed by atoms with van der Waals surface area (Å²) in [6.07, 6.45) is 4.34. The van der Waals surface area contributed by atoms with Crippen LogP contribution in [0.3, 0.4) is 0 Å². The van der Waals surface area contributed by atoms with Gasteiger partial charge in [-0.25, -0.2) is 15.0 Å². The summed E-state index contributed by atoms with van der Waals surface area (Å²) in [7, 11) is 0. The fourth-order valence-electron chi connectivity index (χ4n) is 5.04. The number of carbonyl (C=O) groups excluding carboxylic acids is 2. The Morgan fingerprint density at radius 2 is 1.68 bits per heavy atom. The molecule has 3 aromatic rings. The van der Waals surface area contributed by atoms with Crippen LogP contribution in [0.5, 0.6) is 0 Å². The molecule has 2 atom stereocenters. The highest BCUT2D eigenvalue weighted by atomic mass is 32.1. The quantitative estimate of drug-likeness (QED) is 0.573. The lowest BCUT2D eigenvalue weighted by Crippen LogP contribution is -2.53. The van der Waals surface area contributed by atoms with Crippen LogP contribution in [-0.4, -0.2) is 87.3 Å². The molecule has 4 heterocycles. The van der Waals surface area contributed by atoms with Crippen LogP contribution < -0.4 is 0 Å². The number of para-hydroxylation sites is 1. The molecule has 2 amide bonds. The van der Waals surface area contributed by atoms with Crippen molar-refractivity contribution in [2.24, 2.45) is 11.8 Å². The lowest BCUT2D eigenvalue weighted by atomic mass is 9.92. The molecule has 0 N–H and O–H groups in total. The van der Waals surface area contributed by atoms with Crippen molar-refractivity contribution in [1.82, 2.24) is 29.7 Å². The molecule has 0 radical (unpaired) electrons. The van der Waals surface area contributed by atoms with Crippen LogP contribution in [0.15, 0.2) is 36.7 Å². The third kappa shape index (κ3) is 4.81. The lowest BCUT2D eigenvalue weighted by molar-refractivity contribution is -0.135. The van der Waals surface area contributed by atoms with E-state index < -0.39 is 0 Å². The van der Waals surface area contributed by atoms with E-state index in [1.807, 2.05) is 34.1 Å². The predicted octanol–water partition coefficient (Wildman–Crippen LogP) is 3.02. The topological polar surface area (TPSA) is 82.5 Å². The molecular weight excluding hydrogens is 448 g/mol. The van der Waals surface area contributed by atoms with Gasteiger partial charge in [-0.2, -0.15) is 0 Å². The number of piperazine rings is 1. The van der Waals surface area contributed by atoms with E-state index in [0.717, 1.165) is 23.3 Å². The van der Waals surface area contributed by atoms with Crippen molar-refractivity contribution in [3.8, 4) is 10.7 Å². The second kappa shape index (κ2) is 9.76. The van der Waals surface area contributed by atoms with Crippen LogP contribution in [0.25, 0.3) is 20.9 Å². The molecule has 8 nitrogen and oxygen atoms in total. The molecule has 2 aliphatic heterocycles. The number of rotatable bonds is 4. The Bertz CT molecular complexity index is 1150. The number of nitrogens with zero attached hydrogens (tertiary/aromatic N) is 6. The van der Waals surface area contributed by atoms with Crippen LogP contribution >= 0.6 is 11.3 Å². The molecule has 9 heteroatoms. The molecule has 178 valence electrons. The van der Waals surface area contributed by atoms with Gasteiger partial charge in [0.15, 0.2) is 5.69 Å². The number of thiazole rings is 1. The van der Waals surface area contributed by atoms with Crippen molar-refractivity contribution in [3.63, 3.8) is 0 Å². The number of aromatic nitrogens is 3. The summed E-state index contributed by atoms with van der Waals surface area (Å²) in [5.41, 5.74) is 1.75. The minimum Gasteiger partial charge on any atom is -0.341 e. The number of hydrogen-bond acceptors (Lipinski definition) is 7. The van der Waals surface area contributed by atoms with Gasteiger partial charge in [0.2, 0.25) is 5.91 Å². The van der Waals surface area contributed by atoms with Gasteiger partial charge in [-0.3, -0.25) is 14.5 Å². The molecule has 0 saturated carbocycles. The first-order valence-corrected chi connectivity index (χ1v) is 12.8. The molecule has 5 rings (SSSR count). The molecule has 2 aromatic heterocycles. The van der Waals surface area contributed by atoms with Crippen LogP contribution in [0.2, 0.25) is 0 Å². The van der Waals surface area contributed by atoms with E-state index in [1.165, 1.54) is 17.8 Å². The second-order valence-corrected chi connectivity index (χ2v) is 10.6. The maximum atomic E-state index is 13.4. The summed E-state index contributed by atoms with van der Waals surface area (Å²) < 4.78 is 1.05. The van der Waals surface area contributed by atoms with Gasteiger partial charge >= 0.3 is 0 Å². The maximum absolute atomic E-state index is 13.4. The standard InChI is InChI=1S/C25H30N6O2S/c1-17-13-18(2)15-31(14-17)21(32)16-29-9-11-30(12-10-29)25(33)23-22(26-7-8-27-23)24-28-19-5-3-4-6-20(19)34-24/h3-8,17-18H,9-16H2,1-2H3/t17-,18-/m1/s1. The van der Waals surface area contributed by atoms with Crippen LogP contribution in [-0.2, 0) is 4.79 Å². The molecule has 2 saturated heterocycles. The van der Waals surface area contributed by atoms with E-state index >= 15 is 0 Å². The Morgan fingerprint density at radius 3 is 2.41 bits per heavy atom. The average Bonchev–Trinajstić information content (AvgIpc) is 3.28. The van der Waals surface area contributed by atoms with E-state index in [4.69, 9.17) is 0 Å². The Morgan fingerprint density at radius 1 is 0.971 bits per heavy atom. The minimum atomic E-state index is -0.132. The Hall–Kier alpha value is -2.91. The number of fused-ring (bicyclic) bond motifs is 1. The average molecular weight is 479 g/mol. The van der Waals surface area contributed by atoms with E-state index in [0.29, 0.717) is 61.0 Å². The number of piperidine rings is 1. The smallest absolute Gasteiger partial charge is 0.274 e. The largest absolute Gasteiger partial charge is 0.341 e. The summed E-state index contributed by atoms with van der Waals surface area (Å²) in [6.45, 7) is 9.03. The fraction of sp³-hybridized carbons (Fsp3) is 0.480. The van der Waals surface area contributed by atoms with Crippen molar-refractivity contribution < 1.29 is 9.59 Å². The zero-order chi connectivity index (χ0) is 23.7. The zero-order valence-electron chi connectivity index (χ0n) is 19.7. The van der Waals surface area contributed by atoms with Gasteiger partial charge < -0.3 is 9.80 Å². The van der Waals surface area contributed by atoms with E-state index in [2.05, 4.69) is 33.7 Å². The molecule has 0 unspecified atom stereocenters. The molecule has 0 bridgehead atoms. The number of amides is 2. The van der Waals surface area contributed by atoms with Crippen molar-refractivity contribution in [3.05, 3.63) is 42.4 Å². The van der Waals surface area contributed by atoms with E-state index in [-0.39, 0.29) is 11.8 Å². The second-order valence-electron chi connectivity index (χ2n) is 9.55. The third-order valence-electron chi connectivity index (χ3n) is 6.64. The first-order valence-electron chi connectivity index (χ1n) is 11.9. The lowest BCUT2D eigenvalue weighted by Gasteiger charge is -2.38. The van der Waals surface area contributed by atoms with Crippen LogP contribution in [0.4, 0.5) is 0 Å². The Labute approximate surface area is 203 Å². The van der Waals surface area contributed by atoms with E-state index in [9.17, 15) is 9.59 Å². The minimum absolute atomic E-state index is 0.132. The van der Waals surface area contributed by atoms with Gasteiger partial charge in [-0.1, -0.05) is 26.0 Å². The molecule has 0 aliphatic carbocycles. The number of hydrogen-bond donors (Lipinski definition) is 0. The van der Waals surface area contributed by atoms with Crippen molar-refractivity contribution >= 4 is 33.4 Å². The van der Waals surface area contributed by atoms with Crippen molar-refractivity contribution in [2.75, 3.05) is 45.8 Å². The Balaban J connectivity index is 1.23. The molecular formula is C25H30N6O2S. The molecule has 34 heavy (non-hydrogen) atoms. The van der Waals surface area contributed by atoms with Gasteiger partial charge in [0, 0.05) is 51.7 Å². The number of carbonyl (C=O) groups is 2. The van der Waals surface area contributed by atoms with E-state index in [1.54, 1.807) is 12.4 Å². The zero-order valence-corrected chi connectivity index (χ0v) is 20.5. The van der Waals surface area contributed by atoms with Gasteiger partial charge in [-0.15, -0.1) is 11.3 Å². The highest BCUT2D eigenvalue weighted by Gasteiger charge is 2.30. The molecule has 2 fully saturated rings. The summed E-state index contributed by atoms with van der Waals surface area (Å²) in [5.74, 6) is 1.18. The monoisotopic (exact) mass is 478 g/mol. The first-order chi connectivity index (χ1) is 16.5. The first kappa shape index (κ1) is 22.9. The van der Waals surface area contributed by atoms with Gasteiger partial charge in [0.25, 0.3) is 5.91 Å². The SMILES string of the molecule is C[C@@H]1C[C@@H](C)CN(C(=O)CN2CCN(C(=O)c3nccnc3-c3nc4ccccc4s3)CC2)C1. The predicted molar refractivity (Wildman–Crippen MR) is 133 cm³/mol. The maximum Gasteiger partial charge on any atom is 0.274 e. The molecule has 1 aromatic carbocycles. The number of likely N-dealkylation sites (tertiary alicyclic amines) is 1. The van der Waals surface area contributed by atoms with Gasteiger partial charge in [-0.05, 0) is 30.4 Å².